The predicted molar refractivity (Wildman–Crippen MR) is 110 cm³/mol. The van der Waals surface area contributed by atoms with Crippen molar-refractivity contribution in [3.05, 3.63) is 29.8 Å². The van der Waals surface area contributed by atoms with Crippen molar-refractivity contribution in [2.45, 2.75) is 45.2 Å². The van der Waals surface area contributed by atoms with Gasteiger partial charge >= 0.3 is 6.03 Å². The molecule has 1 aromatic rings. The number of piperidine rings is 1. The predicted octanol–water partition coefficient (Wildman–Crippen LogP) is 2.23. The van der Waals surface area contributed by atoms with Gasteiger partial charge in [-0.1, -0.05) is 12.1 Å². The van der Waals surface area contributed by atoms with E-state index in [9.17, 15) is 9.59 Å². The molecule has 0 unspecified atom stereocenters. The molecule has 2 fully saturated rings. The van der Waals surface area contributed by atoms with E-state index in [0.29, 0.717) is 26.3 Å². The number of anilines is 1. The summed E-state index contributed by atoms with van der Waals surface area (Å²) in [5, 5.41) is 6.02. The molecule has 7 nitrogen and oxygen atoms in total. The van der Waals surface area contributed by atoms with E-state index in [-0.39, 0.29) is 23.5 Å². The summed E-state index contributed by atoms with van der Waals surface area (Å²) in [6.07, 6.45) is 1.72. The molecule has 3 rings (SSSR count). The zero-order valence-electron chi connectivity index (χ0n) is 17.2. The Labute approximate surface area is 167 Å². The number of ether oxygens (including phenoxy) is 1. The van der Waals surface area contributed by atoms with Gasteiger partial charge in [0.05, 0.1) is 18.8 Å². The van der Waals surface area contributed by atoms with Crippen LogP contribution in [0.1, 0.15) is 44.0 Å². The van der Waals surface area contributed by atoms with E-state index in [0.717, 1.165) is 37.2 Å². The lowest BCUT2D eigenvalue weighted by Gasteiger charge is -2.36. The summed E-state index contributed by atoms with van der Waals surface area (Å²) in [7, 11) is 0. The highest BCUT2D eigenvalue weighted by Crippen LogP contribution is 2.26. The van der Waals surface area contributed by atoms with Crippen LogP contribution in [0.5, 0.6) is 0 Å². The summed E-state index contributed by atoms with van der Waals surface area (Å²) >= 11 is 0. The molecule has 0 radical (unpaired) electrons. The molecule has 0 spiro atoms. The van der Waals surface area contributed by atoms with Crippen LogP contribution in [-0.4, -0.2) is 67.8 Å². The van der Waals surface area contributed by atoms with Crippen LogP contribution >= 0.6 is 0 Å². The number of urea groups is 1. The van der Waals surface area contributed by atoms with Gasteiger partial charge < -0.3 is 25.2 Å². The van der Waals surface area contributed by atoms with E-state index >= 15 is 0 Å². The Kier molecular flexibility index (Phi) is 6.44. The zero-order valence-corrected chi connectivity index (χ0v) is 17.2. The molecule has 3 amide bonds. The summed E-state index contributed by atoms with van der Waals surface area (Å²) < 4.78 is 5.36. The molecule has 1 aromatic carbocycles. The third kappa shape index (κ3) is 5.38. The first kappa shape index (κ1) is 20.5. The summed E-state index contributed by atoms with van der Waals surface area (Å²) in [5.74, 6) is 0.0729. The zero-order chi connectivity index (χ0) is 20.1. The van der Waals surface area contributed by atoms with Gasteiger partial charge in [-0.3, -0.25) is 4.79 Å². The fourth-order valence-electron chi connectivity index (χ4n) is 3.69. The lowest BCUT2D eigenvalue weighted by Crippen LogP contribution is -2.52. The number of benzene rings is 1. The number of amides is 3. The van der Waals surface area contributed by atoms with Gasteiger partial charge in [0.1, 0.15) is 0 Å². The molecule has 2 aliphatic heterocycles. The standard InChI is InChI=1S/C21H32N4O3/c1-21(2,3)23-20(27)22-16-8-10-24(11-9-16)18-7-5-4-6-17(18)19(26)25-12-14-28-15-13-25/h4-7,16H,8-15H2,1-3H3,(H2,22,23,27). The number of morpholine rings is 1. The van der Waals surface area contributed by atoms with Gasteiger partial charge in [-0.15, -0.1) is 0 Å². The SMILES string of the molecule is CC(C)(C)NC(=O)NC1CCN(c2ccccc2C(=O)N2CCOCC2)CC1. The van der Waals surface area contributed by atoms with E-state index in [1.165, 1.54) is 0 Å². The van der Waals surface area contributed by atoms with Gasteiger partial charge in [-0.25, -0.2) is 4.79 Å². The fraction of sp³-hybridized carbons (Fsp3) is 0.619. The average molecular weight is 389 g/mol. The van der Waals surface area contributed by atoms with E-state index in [1.807, 2.05) is 49.9 Å². The van der Waals surface area contributed by atoms with E-state index in [2.05, 4.69) is 15.5 Å². The third-order valence-corrected chi connectivity index (χ3v) is 5.09. The summed E-state index contributed by atoms with van der Waals surface area (Å²) in [6.45, 7) is 10.0. The Hall–Kier alpha value is -2.28. The maximum atomic E-state index is 13.0. The van der Waals surface area contributed by atoms with Crippen molar-refractivity contribution in [2.75, 3.05) is 44.3 Å². The van der Waals surface area contributed by atoms with Gasteiger partial charge in [-0.2, -0.15) is 0 Å². The second-order valence-electron chi connectivity index (χ2n) is 8.53. The first-order valence-electron chi connectivity index (χ1n) is 10.1. The normalized spacial score (nSPS) is 18.7. The van der Waals surface area contributed by atoms with Gasteiger partial charge in [0.25, 0.3) is 5.91 Å². The lowest BCUT2D eigenvalue weighted by atomic mass is 10.0. The van der Waals surface area contributed by atoms with Crippen molar-refractivity contribution in [1.29, 1.82) is 0 Å². The van der Waals surface area contributed by atoms with Crippen LogP contribution in [0, 0.1) is 0 Å². The Bertz CT molecular complexity index is 687. The molecule has 7 heteroatoms. The van der Waals surface area contributed by atoms with Crippen molar-refractivity contribution in [2.24, 2.45) is 0 Å². The number of rotatable bonds is 3. The minimum Gasteiger partial charge on any atom is -0.378 e. The second-order valence-corrected chi connectivity index (χ2v) is 8.53. The summed E-state index contributed by atoms with van der Waals surface area (Å²) in [6, 6.07) is 7.87. The van der Waals surface area contributed by atoms with Crippen LogP contribution in [-0.2, 0) is 4.74 Å². The number of carbonyl (C=O) groups excluding carboxylic acids is 2. The minimum absolute atomic E-state index is 0.0729. The van der Waals surface area contributed by atoms with Crippen LogP contribution < -0.4 is 15.5 Å². The smallest absolute Gasteiger partial charge is 0.315 e. The fourth-order valence-corrected chi connectivity index (χ4v) is 3.69. The maximum absolute atomic E-state index is 13.0. The van der Waals surface area contributed by atoms with E-state index in [4.69, 9.17) is 4.74 Å². The van der Waals surface area contributed by atoms with Gasteiger partial charge in [0, 0.05) is 43.4 Å². The number of hydrogen-bond acceptors (Lipinski definition) is 4. The number of nitrogens with one attached hydrogen (secondary N) is 2. The molecule has 0 saturated carbocycles. The van der Waals surface area contributed by atoms with Crippen LogP contribution in [0.4, 0.5) is 10.5 Å². The molecule has 0 atom stereocenters. The van der Waals surface area contributed by atoms with Crippen molar-refractivity contribution in [3.63, 3.8) is 0 Å². The Morgan fingerprint density at radius 3 is 2.32 bits per heavy atom. The molecule has 2 heterocycles. The molecular weight excluding hydrogens is 356 g/mol. The van der Waals surface area contributed by atoms with Gasteiger partial charge in [-0.05, 0) is 45.7 Å². The number of hydrogen-bond donors (Lipinski definition) is 2. The molecule has 2 saturated heterocycles. The van der Waals surface area contributed by atoms with E-state index in [1.54, 1.807) is 0 Å². The number of nitrogens with zero attached hydrogens (tertiary/aromatic N) is 2. The Morgan fingerprint density at radius 2 is 1.68 bits per heavy atom. The molecule has 0 bridgehead atoms. The van der Waals surface area contributed by atoms with Crippen LogP contribution in [0.3, 0.4) is 0 Å². The van der Waals surface area contributed by atoms with Crippen molar-refractivity contribution < 1.29 is 14.3 Å². The van der Waals surface area contributed by atoms with Crippen LogP contribution in [0.2, 0.25) is 0 Å². The average Bonchev–Trinajstić information content (AvgIpc) is 2.67. The number of para-hydroxylation sites is 1. The Balaban J connectivity index is 1.60. The third-order valence-electron chi connectivity index (χ3n) is 5.09. The highest BCUT2D eigenvalue weighted by atomic mass is 16.5. The van der Waals surface area contributed by atoms with Crippen LogP contribution in [0.25, 0.3) is 0 Å². The first-order valence-corrected chi connectivity index (χ1v) is 10.1. The topological polar surface area (TPSA) is 73.9 Å². The molecule has 2 N–H and O–H groups in total. The monoisotopic (exact) mass is 388 g/mol. The largest absolute Gasteiger partial charge is 0.378 e. The highest BCUT2D eigenvalue weighted by Gasteiger charge is 2.26. The Morgan fingerprint density at radius 1 is 1.04 bits per heavy atom. The van der Waals surface area contributed by atoms with Gasteiger partial charge in [0.15, 0.2) is 0 Å². The quantitative estimate of drug-likeness (QED) is 0.833. The molecule has 0 aliphatic carbocycles. The molecule has 154 valence electrons. The van der Waals surface area contributed by atoms with Crippen molar-refractivity contribution >= 4 is 17.6 Å². The molecular formula is C21H32N4O3. The molecule has 28 heavy (non-hydrogen) atoms. The molecule has 0 aromatic heterocycles. The van der Waals surface area contributed by atoms with Gasteiger partial charge in [0.2, 0.25) is 0 Å². The highest BCUT2D eigenvalue weighted by molar-refractivity contribution is 6.00. The maximum Gasteiger partial charge on any atom is 0.315 e. The van der Waals surface area contributed by atoms with Crippen molar-refractivity contribution in [1.82, 2.24) is 15.5 Å². The summed E-state index contributed by atoms with van der Waals surface area (Å²) in [4.78, 5) is 29.2. The second kappa shape index (κ2) is 8.82. The first-order chi connectivity index (χ1) is 13.3. The van der Waals surface area contributed by atoms with E-state index < -0.39 is 0 Å². The summed E-state index contributed by atoms with van der Waals surface area (Å²) in [5.41, 5.74) is 1.49. The minimum atomic E-state index is -0.246. The van der Waals surface area contributed by atoms with Crippen molar-refractivity contribution in [3.8, 4) is 0 Å². The van der Waals surface area contributed by atoms with Crippen LogP contribution in [0.15, 0.2) is 24.3 Å². The lowest BCUT2D eigenvalue weighted by molar-refractivity contribution is 0.0303. The number of carbonyl (C=O) groups is 2. The molecule has 2 aliphatic rings.